The van der Waals surface area contributed by atoms with Gasteiger partial charge in [-0.25, -0.2) is 0 Å². The summed E-state index contributed by atoms with van der Waals surface area (Å²) in [5.74, 6) is 0. The smallest absolute Gasteiger partial charge is 0.312 e. The molecule has 138 valence electrons. The van der Waals surface area contributed by atoms with Crippen molar-refractivity contribution in [1.29, 1.82) is 0 Å². The minimum Gasteiger partial charge on any atom is -0.333 e. The van der Waals surface area contributed by atoms with Crippen molar-refractivity contribution in [3.8, 4) is 0 Å². The Kier molecular flexibility index (Phi) is 17.2. The molecule has 0 rings (SSSR count). The van der Waals surface area contributed by atoms with E-state index in [0.29, 0.717) is 6.42 Å². The average molecular weight is 330 g/mol. The van der Waals surface area contributed by atoms with Crippen molar-refractivity contribution < 1.29 is 10.0 Å². The second-order valence-corrected chi connectivity index (χ2v) is 6.86. The zero-order chi connectivity index (χ0) is 17.2. The third kappa shape index (κ3) is 17.5. The third-order valence-corrected chi connectivity index (χ3v) is 4.56. The van der Waals surface area contributed by atoms with Crippen molar-refractivity contribution in [3.63, 3.8) is 0 Å². The van der Waals surface area contributed by atoms with Gasteiger partial charge in [-0.3, -0.25) is 10.1 Å². The largest absolute Gasteiger partial charge is 0.333 e. The summed E-state index contributed by atoms with van der Waals surface area (Å²) >= 11 is 0. The van der Waals surface area contributed by atoms with Crippen LogP contribution < -0.4 is 0 Å². The van der Waals surface area contributed by atoms with Crippen molar-refractivity contribution in [3.05, 3.63) is 10.1 Å². The number of aliphatic hydroxyl groups excluding tert-OH is 1. The third-order valence-electron chi connectivity index (χ3n) is 4.56. The van der Waals surface area contributed by atoms with Gasteiger partial charge in [0.25, 0.3) is 0 Å². The van der Waals surface area contributed by atoms with Crippen molar-refractivity contribution in [1.82, 2.24) is 0 Å². The molecule has 0 saturated carbocycles. The lowest BCUT2D eigenvalue weighted by atomic mass is 10.0. The van der Waals surface area contributed by atoms with Crippen LogP contribution in [0.15, 0.2) is 0 Å². The van der Waals surface area contributed by atoms with Crippen molar-refractivity contribution in [2.75, 3.05) is 0 Å². The minimum atomic E-state index is -1.36. The zero-order valence-corrected chi connectivity index (χ0v) is 15.3. The molecule has 0 aromatic rings. The maximum atomic E-state index is 10.2. The van der Waals surface area contributed by atoms with Crippen molar-refractivity contribution >= 4 is 0 Å². The standard InChI is InChI=1S/C19H39NO3/c1-2-3-4-5-6-7-8-9-10-11-12-13-14-15-16-17-18-19(21)20(22)23/h19,21H,2-18H2,1H3. The van der Waals surface area contributed by atoms with E-state index in [9.17, 15) is 10.1 Å². The predicted molar refractivity (Wildman–Crippen MR) is 97.2 cm³/mol. The van der Waals surface area contributed by atoms with Gasteiger partial charge in [0.1, 0.15) is 0 Å². The maximum Gasteiger partial charge on any atom is 0.312 e. The molecule has 23 heavy (non-hydrogen) atoms. The highest BCUT2D eigenvalue weighted by Crippen LogP contribution is 2.14. The molecule has 0 aromatic carbocycles. The summed E-state index contributed by atoms with van der Waals surface area (Å²) in [5.41, 5.74) is 0. The highest BCUT2D eigenvalue weighted by Gasteiger charge is 2.13. The first kappa shape index (κ1) is 22.4. The number of nitro groups is 1. The van der Waals surface area contributed by atoms with Gasteiger partial charge in [0.05, 0.1) is 4.92 Å². The maximum absolute atomic E-state index is 10.2. The predicted octanol–water partition coefficient (Wildman–Crippen LogP) is 6.23. The van der Waals surface area contributed by atoms with Gasteiger partial charge >= 0.3 is 6.23 Å². The van der Waals surface area contributed by atoms with E-state index < -0.39 is 11.2 Å². The number of rotatable bonds is 18. The van der Waals surface area contributed by atoms with Crippen LogP contribution in [0.3, 0.4) is 0 Å². The van der Waals surface area contributed by atoms with Gasteiger partial charge in [0.15, 0.2) is 0 Å². The molecule has 0 fully saturated rings. The summed E-state index contributed by atoms with van der Waals surface area (Å²) in [6, 6.07) is 0. The SMILES string of the molecule is CCCCCCCCCCCCCCCCCCC(O)[N+](=O)[O-]. The van der Waals surface area contributed by atoms with E-state index in [0.717, 1.165) is 19.3 Å². The summed E-state index contributed by atoms with van der Waals surface area (Å²) in [6.07, 6.45) is 19.6. The second-order valence-electron chi connectivity index (χ2n) is 6.86. The first-order chi connectivity index (χ1) is 11.2. The molecule has 0 aliphatic heterocycles. The van der Waals surface area contributed by atoms with Crippen LogP contribution in [0.5, 0.6) is 0 Å². The molecule has 0 bridgehead atoms. The summed E-state index contributed by atoms with van der Waals surface area (Å²) in [5, 5.41) is 19.3. The van der Waals surface area contributed by atoms with Crippen LogP contribution in [0, 0.1) is 10.1 Å². The molecule has 0 aliphatic rings. The Bertz CT molecular complexity index is 259. The Morgan fingerprint density at radius 1 is 0.696 bits per heavy atom. The average Bonchev–Trinajstić information content (AvgIpc) is 2.54. The molecule has 1 unspecified atom stereocenters. The molecule has 4 nitrogen and oxygen atoms in total. The lowest BCUT2D eigenvalue weighted by molar-refractivity contribution is -0.571. The fraction of sp³-hybridized carbons (Fsp3) is 1.00. The van der Waals surface area contributed by atoms with Crippen LogP contribution in [0.1, 0.15) is 116 Å². The van der Waals surface area contributed by atoms with Gasteiger partial charge in [0.2, 0.25) is 0 Å². The van der Waals surface area contributed by atoms with Crippen LogP contribution in [0.2, 0.25) is 0 Å². The summed E-state index contributed by atoms with van der Waals surface area (Å²) in [4.78, 5) is 9.64. The molecule has 0 saturated heterocycles. The van der Waals surface area contributed by atoms with Crippen molar-refractivity contribution in [2.45, 2.75) is 122 Å². The highest BCUT2D eigenvalue weighted by molar-refractivity contribution is 4.50. The van der Waals surface area contributed by atoms with E-state index in [1.165, 1.54) is 83.5 Å². The Morgan fingerprint density at radius 3 is 1.30 bits per heavy atom. The molecule has 0 heterocycles. The Morgan fingerprint density at radius 2 is 1.00 bits per heavy atom. The van der Waals surface area contributed by atoms with E-state index in [1.807, 2.05) is 0 Å². The molecule has 0 amide bonds. The minimum absolute atomic E-state index is 0.297. The fourth-order valence-electron chi connectivity index (χ4n) is 2.98. The zero-order valence-electron chi connectivity index (χ0n) is 15.3. The van der Waals surface area contributed by atoms with Crippen LogP contribution in [0.25, 0.3) is 0 Å². The number of hydrogen-bond acceptors (Lipinski definition) is 3. The first-order valence-corrected chi connectivity index (χ1v) is 10.00. The quantitative estimate of drug-likeness (QED) is 0.140. The molecule has 0 radical (unpaired) electrons. The highest BCUT2D eigenvalue weighted by atomic mass is 16.7. The number of unbranched alkanes of at least 4 members (excludes halogenated alkanes) is 15. The van der Waals surface area contributed by atoms with E-state index in [-0.39, 0.29) is 0 Å². The van der Waals surface area contributed by atoms with Crippen molar-refractivity contribution in [2.24, 2.45) is 0 Å². The number of hydrogen-bond donors (Lipinski definition) is 1. The molecule has 1 atom stereocenters. The van der Waals surface area contributed by atoms with Crippen LogP contribution in [-0.4, -0.2) is 16.3 Å². The fourth-order valence-corrected chi connectivity index (χ4v) is 2.98. The normalized spacial score (nSPS) is 12.4. The summed E-state index contributed by atoms with van der Waals surface area (Å²) < 4.78 is 0. The summed E-state index contributed by atoms with van der Waals surface area (Å²) in [6.45, 7) is 2.26. The molecular formula is C19H39NO3. The topological polar surface area (TPSA) is 63.4 Å². The molecule has 1 N–H and O–H groups in total. The first-order valence-electron chi connectivity index (χ1n) is 10.00. The van der Waals surface area contributed by atoms with Crippen LogP contribution in [0.4, 0.5) is 0 Å². The van der Waals surface area contributed by atoms with Gasteiger partial charge < -0.3 is 5.11 Å². The molecule has 0 aliphatic carbocycles. The van der Waals surface area contributed by atoms with Gasteiger partial charge in [-0.15, -0.1) is 0 Å². The number of nitrogens with zero attached hydrogens (tertiary/aromatic N) is 1. The van der Waals surface area contributed by atoms with Gasteiger partial charge in [-0.1, -0.05) is 103 Å². The molecule has 0 spiro atoms. The van der Waals surface area contributed by atoms with E-state index in [2.05, 4.69) is 6.92 Å². The lowest BCUT2D eigenvalue weighted by Crippen LogP contribution is -2.17. The summed E-state index contributed by atoms with van der Waals surface area (Å²) in [7, 11) is 0. The van der Waals surface area contributed by atoms with E-state index >= 15 is 0 Å². The molecule has 0 aromatic heterocycles. The van der Waals surface area contributed by atoms with Crippen LogP contribution >= 0.6 is 0 Å². The molecular weight excluding hydrogens is 290 g/mol. The Labute approximate surface area is 143 Å². The van der Waals surface area contributed by atoms with E-state index in [4.69, 9.17) is 5.11 Å². The van der Waals surface area contributed by atoms with Gasteiger partial charge in [-0.05, 0) is 6.42 Å². The van der Waals surface area contributed by atoms with Gasteiger partial charge in [-0.2, -0.15) is 0 Å². The number of aliphatic hydroxyl groups is 1. The van der Waals surface area contributed by atoms with Gasteiger partial charge in [0, 0.05) is 6.42 Å². The van der Waals surface area contributed by atoms with Crippen LogP contribution in [-0.2, 0) is 0 Å². The molecule has 4 heteroatoms. The lowest BCUT2D eigenvalue weighted by Gasteiger charge is -2.04. The Balaban J connectivity index is 3.04. The Hall–Kier alpha value is -0.640. The monoisotopic (exact) mass is 329 g/mol. The second kappa shape index (κ2) is 17.7. The van der Waals surface area contributed by atoms with E-state index in [1.54, 1.807) is 0 Å².